The van der Waals surface area contributed by atoms with Gasteiger partial charge in [-0.1, -0.05) is 23.7 Å². The van der Waals surface area contributed by atoms with Gasteiger partial charge in [-0.2, -0.15) is 5.10 Å². The second-order valence-electron chi connectivity index (χ2n) is 4.39. The Morgan fingerprint density at radius 2 is 2.15 bits per heavy atom. The molecule has 0 spiro atoms. The Morgan fingerprint density at radius 3 is 2.80 bits per heavy atom. The predicted octanol–water partition coefficient (Wildman–Crippen LogP) is 1.78. The first kappa shape index (κ1) is 14.6. The van der Waals surface area contributed by atoms with Gasteiger partial charge in [0.2, 0.25) is 5.91 Å². The molecule has 1 heterocycles. The van der Waals surface area contributed by atoms with E-state index >= 15 is 0 Å². The van der Waals surface area contributed by atoms with E-state index in [0.717, 1.165) is 5.56 Å². The number of halogens is 1. The van der Waals surface area contributed by atoms with Crippen molar-refractivity contribution in [1.82, 2.24) is 15.1 Å². The number of hydrogen-bond acceptors (Lipinski definition) is 3. The monoisotopic (exact) mass is 293 g/mol. The number of carbonyl (C=O) groups is 1. The Hall–Kier alpha value is -1.85. The smallest absolute Gasteiger partial charge is 0.221 e. The van der Waals surface area contributed by atoms with Crippen molar-refractivity contribution < 1.29 is 9.90 Å². The number of carbonyl (C=O) groups excluding carboxylic acids is 1. The van der Waals surface area contributed by atoms with Gasteiger partial charge in [-0.15, -0.1) is 0 Å². The molecule has 0 aliphatic carbocycles. The van der Waals surface area contributed by atoms with Crippen LogP contribution in [0.4, 0.5) is 0 Å². The third-order valence-electron chi connectivity index (χ3n) is 2.87. The fourth-order valence-electron chi connectivity index (χ4n) is 1.75. The van der Waals surface area contributed by atoms with Crippen LogP contribution in [0.3, 0.4) is 0 Å². The summed E-state index contributed by atoms with van der Waals surface area (Å²) in [6.07, 6.45) is 3.06. The van der Waals surface area contributed by atoms with E-state index in [2.05, 4.69) is 10.4 Å². The molecule has 0 aliphatic heterocycles. The van der Waals surface area contributed by atoms with E-state index in [1.54, 1.807) is 41.3 Å². The lowest BCUT2D eigenvalue weighted by atomic mass is 10.1. The van der Waals surface area contributed by atoms with Crippen LogP contribution in [-0.2, 0) is 11.3 Å². The zero-order valence-electron chi connectivity index (χ0n) is 10.9. The number of nitrogens with zero attached hydrogens (tertiary/aromatic N) is 2. The zero-order chi connectivity index (χ0) is 14.4. The quantitative estimate of drug-likeness (QED) is 0.853. The van der Waals surface area contributed by atoms with Gasteiger partial charge in [0.05, 0.1) is 6.10 Å². The van der Waals surface area contributed by atoms with Gasteiger partial charge in [0.15, 0.2) is 0 Å². The van der Waals surface area contributed by atoms with Crippen LogP contribution in [0.1, 0.15) is 18.1 Å². The summed E-state index contributed by atoms with van der Waals surface area (Å²) in [4.78, 5) is 11.6. The first-order valence-corrected chi connectivity index (χ1v) is 6.70. The van der Waals surface area contributed by atoms with Crippen LogP contribution < -0.4 is 5.32 Å². The van der Waals surface area contributed by atoms with Crippen molar-refractivity contribution in [2.24, 2.45) is 0 Å². The molecule has 0 saturated carbocycles. The maximum atomic E-state index is 11.6. The van der Waals surface area contributed by atoms with Crippen LogP contribution in [0.2, 0.25) is 5.02 Å². The molecule has 0 radical (unpaired) electrons. The number of aromatic nitrogens is 2. The lowest BCUT2D eigenvalue weighted by Gasteiger charge is -2.12. The van der Waals surface area contributed by atoms with Crippen LogP contribution in [0.25, 0.3) is 0 Å². The fraction of sp³-hybridized carbons (Fsp3) is 0.286. The Morgan fingerprint density at radius 1 is 1.40 bits per heavy atom. The standard InChI is InChI=1S/C14H16ClN3O2/c15-12-4-2-11(3-5-12)13(19)10-16-14(20)6-9-18-8-1-7-17-18/h1-5,7-8,13,19H,6,9-10H2,(H,16,20). The first-order chi connectivity index (χ1) is 9.65. The summed E-state index contributed by atoms with van der Waals surface area (Å²) in [6, 6.07) is 8.70. The zero-order valence-corrected chi connectivity index (χ0v) is 11.6. The summed E-state index contributed by atoms with van der Waals surface area (Å²) < 4.78 is 1.69. The summed E-state index contributed by atoms with van der Waals surface area (Å²) in [7, 11) is 0. The highest BCUT2D eigenvalue weighted by molar-refractivity contribution is 6.30. The van der Waals surface area contributed by atoms with Gasteiger partial charge in [0.25, 0.3) is 0 Å². The van der Waals surface area contributed by atoms with Gasteiger partial charge < -0.3 is 10.4 Å². The molecule has 1 aromatic carbocycles. The largest absolute Gasteiger partial charge is 0.387 e. The number of aliphatic hydroxyl groups is 1. The minimum atomic E-state index is -0.735. The van der Waals surface area contributed by atoms with Gasteiger partial charge >= 0.3 is 0 Å². The van der Waals surface area contributed by atoms with Gasteiger partial charge in [-0.05, 0) is 23.8 Å². The normalized spacial score (nSPS) is 12.1. The van der Waals surface area contributed by atoms with Crippen LogP contribution >= 0.6 is 11.6 Å². The van der Waals surface area contributed by atoms with E-state index < -0.39 is 6.10 Å². The topological polar surface area (TPSA) is 67.2 Å². The molecule has 1 unspecified atom stereocenters. The van der Waals surface area contributed by atoms with E-state index in [4.69, 9.17) is 11.6 Å². The molecular formula is C14H16ClN3O2. The number of aliphatic hydroxyl groups excluding tert-OH is 1. The maximum absolute atomic E-state index is 11.6. The molecule has 0 saturated heterocycles. The van der Waals surface area contributed by atoms with E-state index in [1.165, 1.54) is 0 Å². The van der Waals surface area contributed by atoms with Gasteiger partial charge in [0.1, 0.15) is 0 Å². The molecule has 1 amide bonds. The first-order valence-electron chi connectivity index (χ1n) is 6.33. The Balaban J connectivity index is 1.73. The highest BCUT2D eigenvalue weighted by Gasteiger charge is 2.09. The van der Waals surface area contributed by atoms with Crippen molar-refractivity contribution in [3.63, 3.8) is 0 Å². The molecule has 20 heavy (non-hydrogen) atoms. The molecule has 0 bridgehead atoms. The fourth-order valence-corrected chi connectivity index (χ4v) is 1.88. The summed E-state index contributed by atoms with van der Waals surface area (Å²) in [5, 5.41) is 17.3. The Bertz CT molecular complexity index is 540. The van der Waals surface area contributed by atoms with Crippen molar-refractivity contribution in [2.75, 3.05) is 6.54 Å². The van der Waals surface area contributed by atoms with Crippen LogP contribution in [0, 0.1) is 0 Å². The van der Waals surface area contributed by atoms with Crippen LogP contribution in [0.15, 0.2) is 42.7 Å². The van der Waals surface area contributed by atoms with E-state index in [0.29, 0.717) is 18.0 Å². The van der Waals surface area contributed by atoms with Crippen molar-refractivity contribution in [3.8, 4) is 0 Å². The molecule has 2 rings (SSSR count). The predicted molar refractivity (Wildman–Crippen MR) is 76.3 cm³/mol. The molecular weight excluding hydrogens is 278 g/mol. The number of aryl methyl sites for hydroxylation is 1. The second-order valence-corrected chi connectivity index (χ2v) is 4.83. The minimum Gasteiger partial charge on any atom is -0.387 e. The number of amides is 1. The molecule has 0 aliphatic rings. The SMILES string of the molecule is O=C(CCn1cccn1)NCC(O)c1ccc(Cl)cc1. The molecule has 5 nitrogen and oxygen atoms in total. The van der Waals surface area contributed by atoms with Gasteiger partial charge in [-0.3, -0.25) is 9.48 Å². The lowest BCUT2D eigenvalue weighted by Crippen LogP contribution is -2.29. The molecule has 1 aromatic heterocycles. The van der Waals surface area contributed by atoms with E-state index in [1.807, 2.05) is 6.07 Å². The van der Waals surface area contributed by atoms with Gasteiger partial charge in [0, 0.05) is 36.9 Å². The summed E-state index contributed by atoms with van der Waals surface area (Å²) >= 11 is 5.77. The number of rotatable bonds is 6. The molecule has 106 valence electrons. The molecule has 1 atom stereocenters. The average Bonchev–Trinajstić information content (AvgIpc) is 2.96. The molecule has 2 aromatic rings. The van der Waals surface area contributed by atoms with E-state index in [-0.39, 0.29) is 12.5 Å². The van der Waals surface area contributed by atoms with Crippen molar-refractivity contribution in [3.05, 3.63) is 53.3 Å². The molecule has 2 N–H and O–H groups in total. The molecule has 0 fully saturated rings. The minimum absolute atomic E-state index is 0.117. The number of benzene rings is 1. The number of hydrogen-bond donors (Lipinski definition) is 2. The summed E-state index contributed by atoms with van der Waals surface area (Å²) in [6.45, 7) is 0.704. The van der Waals surface area contributed by atoms with Crippen LogP contribution in [0.5, 0.6) is 0 Å². The van der Waals surface area contributed by atoms with Crippen molar-refractivity contribution in [1.29, 1.82) is 0 Å². The van der Waals surface area contributed by atoms with Crippen molar-refractivity contribution >= 4 is 17.5 Å². The highest BCUT2D eigenvalue weighted by Crippen LogP contribution is 2.15. The highest BCUT2D eigenvalue weighted by atomic mass is 35.5. The summed E-state index contributed by atoms with van der Waals surface area (Å²) in [5.41, 5.74) is 0.724. The van der Waals surface area contributed by atoms with E-state index in [9.17, 15) is 9.90 Å². The summed E-state index contributed by atoms with van der Waals surface area (Å²) in [5.74, 6) is -0.117. The maximum Gasteiger partial charge on any atom is 0.221 e. The third kappa shape index (κ3) is 4.36. The second kappa shape index (κ2) is 7.07. The average molecular weight is 294 g/mol. The Kier molecular flexibility index (Phi) is 5.15. The third-order valence-corrected chi connectivity index (χ3v) is 3.13. The Labute approximate surface area is 122 Å². The lowest BCUT2D eigenvalue weighted by molar-refractivity contribution is -0.121. The van der Waals surface area contributed by atoms with Crippen LogP contribution in [-0.4, -0.2) is 27.3 Å². The van der Waals surface area contributed by atoms with Crippen molar-refractivity contribution in [2.45, 2.75) is 19.1 Å². The molecule has 6 heteroatoms. The van der Waals surface area contributed by atoms with Gasteiger partial charge in [-0.25, -0.2) is 0 Å². The number of nitrogens with one attached hydrogen (secondary N) is 1.